The first kappa shape index (κ1) is 17.6. The minimum Gasteiger partial charge on any atom is -0.355 e. The van der Waals surface area contributed by atoms with Crippen LogP contribution in [0.3, 0.4) is 0 Å². The van der Waals surface area contributed by atoms with Crippen molar-refractivity contribution in [3.05, 3.63) is 53.2 Å². The van der Waals surface area contributed by atoms with Gasteiger partial charge in [0, 0.05) is 43.0 Å². The molecular weight excluding hydrogens is 332 g/mol. The van der Waals surface area contributed by atoms with Crippen LogP contribution in [-0.2, 0) is 6.54 Å². The van der Waals surface area contributed by atoms with E-state index in [1.807, 2.05) is 56.1 Å². The molecule has 5 nitrogen and oxygen atoms in total. The van der Waals surface area contributed by atoms with Crippen LogP contribution in [0.25, 0.3) is 0 Å². The van der Waals surface area contributed by atoms with Crippen molar-refractivity contribution in [1.82, 2.24) is 10.3 Å². The van der Waals surface area contributed by atoms with E-state index in [0.29, 0.717) is 6.54 Å². The predicted molar refractivity (Wildman–Crippen MR) is 106 cm³/mol. The summed E-state index contributed by atoms with van der Waals surface area (Å²) in [5.41, 5.74) is 4.08. The van der Waals surface area contributed by atoms with Crippen molar-refractivity contribution in [2.24, 2.45) is 0 Å². The van der Waals surface area contributed by atoms with E-state index in [2.05, 4.69) is 26.6 Å². The largest absolute Gasteiger partial charge is 0.355 e. The zero-order valence-corrected chi connectivity index (χ0v) is 15.5. The summed E-state index contributed by atoms with van der Waals surface area (Å²) >= 11 is 1.98. The summed E-state index contributed by atoms with van der Waals surface area (Å²) in [5.74, 6) is 3.28. The highest BCUT2D eigenvalue weighted by Crippen LogP contribution is 2.18. The van der Waals surface area contributed by atoms with E-state index in [9.17, 15) is 4.79 Å². The van der Waals surface area contributed by atoms with Gasteiger partial charge in [0.25, 0.3) is 0 Å². The maximum atomic E-state index is 12.2. The maximum absolute atomic E-state index is 12.2. The first-order chi connectivity index (χ1) is 12.1. The average molecular weight is 356 g/mol. The van der Waals surface area contributed by atoms with Gasteiger partial charge in [0.2, 0.25) is 0 Å². The Hall–Kier alpha value is -2.21. The van der Waals surface area contributed by atoms with Crippen molar-refractivity contribution in [2.45, 2.75) is 20.4 Å². The van der Waals surface area contributed by atoms with Gasteiger partial charge in [0.05, 0.1) is 0 Å². The van der Waals surface area contributed by atoms with E-state index in [0.717, 1.165) is 52.8 Å². The summed E-state index contributed by atoms with van der Waals surface area (Å²) in [6, 6.07) is 9.84. The molecule has 132 valence electrons. The standard InChI is InChI=1S/C19H24N4OS/c1-14-3-4-15(2)17(11-14)22-19(24)21-13-16-5-6-20-18(12-16)23-7-9-25-10-8-23/h3-6,11-12H,7-10,13H2,1-2H3,(H2,21,22,24). The molecule has 0 unspecified atom stereocenters. The Bertz CT molecular complexity index is 744. The Morgan fingerprint density at radius 2 is 2.00 bits per heavy atom. The van der Waals surface area contributed by atoms with Crippen LogP contribution >= 0.6 is 11.8 Å². The monoisotopic (exact) mass is 356 g/mol. The van der Waals surface area contributed by atoms with Crippen LogP contribution in [0.4, 0.5) is 16.3 Å². The zero-order chi connectivity index (χ0) is 17.6. The number of aromatic nitrogens is 1. The summed E-state index contributed by atoms with van der Waals surface area (Å²) in [4.78, 5) is 19.0. The first-order valence-electron chi connectivity index (χ1n) is 8.51. The van der Waals surface area contributed by atoms with Crippen LogP contribution in [0.2, 0.25) is 0 Å². The Balaban J connectivity index is 1.57. The highest BCUT2D eigenvalue weighted by atomic mass is 32.2. The topological polar surface area (TPSA) is 57.3 Å². The molecule has 2 heterocycles. The fourth-order valence-electron chi connectivity index (χ4n) is 2.76. The molecule has 1 aliphatic heterocycles. The molecule has 2 N–H and O–H groups in total. The van der Waals surface area contributed by atoms with Gasteiger partial charge in [-0.25, -0.2) is 9.78 Å². The molecule has 1 fully saturated rings. The maximum Gasteiger partial charge on any atom is 0.319 e. The number of hydrogen-bond donors (Lipinski definition) is 2. The summed E-state index contributed by atoms with van der Waals surface area (Å²) in [7, 11) is 0. The number of urea groups is 1. The molecule has 0 atom stereocenters. The quantitative estimate of drug-likeness (QED) is 0.879. The van der Waals surface area contributed by atoms with Gasteiger partial charge in [-0.05, 0) is 48.7 Å². The number of pyridine rings is 1. The van der Waals surface area contributed by atoms with Crippen molar-refractivity contribution in [3.8, 4) is 0 Å². The normalized spacial score (nSPS) is 14.2. The van der Waals surface area contributed by atoms with Gasteiger partial charge in [-0.2, -0.15) is 11.8 Å². The van der Waals surface area contributed by atoms with E-state index in [4.69, 9.17) is 0 Å². The lowest BCUT2D eigenvalue weighted by atomic mass is 10.1. The Morgan fingerprint density at radius 1 is 1.20 bits per heavy atom. The number of rotatable bonds is 4. The molecule has 1 aliphatic rings. The van der Waals surface area contributed by atoms with E-state index in [1.54, 1.807) is 0 Å². The number of hydrogen-bond acceptors (Lipinski definition) is 4. The van der Waals surface area contributed by atoms with Crippen LogP contribution in [0.1, 0.15) is 16.7 Å². The smallest absolute Gasteiger partial charge is 0.319 e. The summed E-state index contributed by atoms with van der Waals surface area (Å²) in [6.07, 6.45) is 1.82. The van der Waals surface area contributed by atoms with E-state index >= 15 is 0 Å². The van der Waals surface area contributed by atoms with Crippen molar-refractivity contribution in [3.63, 3.8) is 0 Å². The van der Waals surface area contributed by atoms with Crippen LogP contribution in [0, 0.1) is 13.8 Å². The van der Waals surface area contributed by atoms with Crippen LogP contribution in [-0.4, -0.2) is 35.6 Å². The number of thioether (sulfide) groups is 1. The molecule has 1 saturated heterocycles. The number of carbonyl (C=O) groups excluding carboxylic acids is 1. The van der Waals surface area contributed by atoms with Gasteiger partial charge >= 0.3 is 6.03 Å². The SMILES string of the molecule is Cc1ccc(C)c(NC(=O)NCc2ccnc(N3CCSCC3)c2)c1. The molecule has 3 rings (SSSR count). The van der Waals surface area contributed by atoms with E-state index < -0.39 is 0 Å². The summed E-state index contributed by atoms with van der Waals surface area (Å²) in [6.45, 7) is 6.54. The molecule has 0 spiro atoms. The summed E-state index contributed by atoms with van der Waals surface area (Å²) < 4.78 is 0. The molecule has 2 aromatic rings. The van der Waals surface area contributed by atoms with Gasteiger partial charge in [-0.3, -0.25) is 0 Å². The predicted octanol–water partition coefficient (Wildman–Crippen LogP) is 3.57. The zero-order valence-electron chi connectivity index (χ0n) is 14.7. The second kappa shape index (κ2) is 8.25. The van der Waals surface area contributed by atoms with Crippen molar-refractivity contribution in [2.75, 3.05) is 34.8 Å². The highest BCUT2D eigenvalue weighted by molar-refractivity contribution is 7.99. The third-order valence-corrected chi connectivity index (χ3v) is 5.18. The molecule has 0 bridgehead atoms. The molecule has 25 heavy (non-hydrogen) atoms. The van der Waals surface area contributed by atoms with Gasteiger partial charge < -0.3 is 15.5 Å². The average Bonchev–Trinajstić information content (AvgIpc) is 2.64. The van der Waals surface area contributed by atoms with Crippen molar-refractivity contribution >= 4 is 29.3 Å². The Kier molecular flexibility index (Phi) is 5.81. The van der Waals surface area contributed by atoms with Gasteiger partial charge in [0.15, 0.2) is 0 Å². The molecule has 0 saturated carbocycles. The molecule has 2 amide bonds. The molecular formula is C19H24N4OS. The Labute approximate surface area is 153 Å². The lowest BCUT2D eigenvalue weighted by Crippen LogP contribution is -2.33. The van der Waals surface area contributed by atoms with Crippen LogP contribution < -0.4 is 15.5 Å². The van der Waals surface area contributed by atoms with Gasteiger partial charge in [0.1, 0.15) is 5.82 Å². The molecule has 6 heteroatoms. The van der Waals surface area contributed by atoms with Crippen molar-refractivity contribution < 1.29 is 4.79 Å². The highest BCUT2D eigenvalue weighted by Gasteiger charge is 2.12. The number of nitrogens with one attached hydrogen (secondary N) is 2. The van der Waals surface area contributed by atoms with E-state index in [1.165, 1.54) is 0 Å². The number of amides is 2. The first-order valence-corrected chi connectivity index (χ1v) is 9.67. The van der Waals surface area contributed by atoms with E-state index in [-0.39, 0.29) is 6.03 Å². The van der Waals surface area contributed by atoms with Gasteiger partial charge in [-0.1, -0.05) is 12.1 Å². The minimum absolute atomic E-state index is 0.193. The third kappa shape index (κ3) is 4.89. The minimum atomic E-state index is -0.193. The molecule has 1 aromatic carbocycles. The number of carbonyl (C=O) groups is 1. The molecule has 1 aromatic heterocycles. The number of nitrogens with zero attached hydrogens (tertiary/aromatic N) is 2. The molecule has 0 aliphatic carbocycles. The second-order valence-electron chi connectivity index (χ2n) is 6.25. The third-order valence-electron chi connectivity index (χ3n) is 4.24. The lowest BCUT2D eigenvalue weighted by molar-refractivity contribution is 0.251. The molecule has 0 radical (unpaired) electrons. The number of benzene rings is 1. The fourth-order valence-corrected chi connectivity index (χ4v) is 3.66. The van der Waals surface area contributed by atoms with Crippen LogP contribution in [0.15, 0.2) is 36.5 Å². The van der Waals surface area contributed by atoms with Gasteiger partial charge in [-0.15, -0.1) is 0 Å². The lowest BCUT2D eigenvalue weighted by Gasteiger charge is -2.27. The summed E-state index contributed by atoms with van der Waals surface area (Å²) in [5, 5.41) is 5.84. The second-order valence-corrected chi connectivity index (χ2v) is 7.47. The fraction of sp³-hybridized carbons (Fsp3) is 0.368. The van der Waals surface area contributed by atoms with Crippen LogP contribution in [0.5, 0.6) is 0 Å². The number of anilines is 2. The Morgan fingerprint density at radius 3 is 2.80 bits per heavy atom. The number of aryl methyl sites for hydroxylation is 2. The van der Waals surface area contributed by atoms with Crippen molar-refractivity contribution in [1.29, 1.82) is 0 Å².